The lowest BCUT2D eigenvalue weighted by molar-refractivity contribution is -0.127. The van der Waals surface area contributed by atoms with Crippen LogP contribution in [-0.2, 0) is 14.4 Å². The van der Waals surface area contributed by atoms with Crippen molar-refractivity contribution in [2.45, 2.75) is 6.10 Å². The molecule has 0 aromatic heterocycles. The third-order valence-corrected chi connectivity index (χ3v) is 4.49. The third kappa shape index (κ3) is 5.05. The van der Waals surface area contributed by atoms with Gasteiger partial charge in [0.05, 0.1) is 31.0 Å². The maximum absolute atomic E-state index is 13.6. The number of likely N-dealkylation sites (N-methyl/N-ethyl adjacent to an activating group) is 1. The van der Waals surface area contributed by atoms with E-state index in [4.69, 9.17) is 4.74 Å². The minimum absolute atomic E-state index is 0.108. The highest BCUT2D eigenvalue weighted by atomic mass is 19.2. The number of hydrogen-bond acceptors (Lipinski definition) is 5. The smallest absolute Gasteiger partial charge is 0.262 e. The predicted molar refractivity (Wildman–Crippen MR) is 105 cm³/mol. The van der Waals surface area contributed by atoms with E-state index in [0.717, 1.165) is 6.07 Å². The number of rotatable bonds is 6. The third-order valence-electron chi connectivity index (χ3n) is 4.49. The SMILES string of the molecule is CNC(=O)[C@H]1CN(CC(=O)NCC(=O)Nc2ccc(F)c(F)c2F)c2ccccc2O1. The maximum Gasteiger partial charge on any atom is 0.262 e. The van der Waals surface area contributed by atoms with Gasteiger partial charge in [0.1, 0.15) is 5.75 Å². The molecule has 0 saturated heterocycles. The molecule has 2 aromatic rings. The van der Waals surface area contributed by atoms with Crippen LogP contribution in [0.25, 0.3) is 0 Å². The van der Waals surface area contributed by atoms with E-state index < -0.39 is 47.6 Å². The van der Waals surface area contributed by atoms with Crippen LogP contribution in [0.1, 0.15) is 0 Å². The number of fused-ring (bicyclic) bond motifs is 1. The molecule has 0 unspecified atom stereocenters. The van der Waals surface area contributed by atoms with Gasteiger partial charge in [-0.1, -0.05) is 12.1 Å². The zero-order valence-corrected chi connectivity index (χ0v) is 16.4. The Kier molecular flexibility index (Phi) is 6.63. The summed E-state index contributed by atoms with van der Waals surface area (Å²) in [5.74, 6) is -5.93. The first-order valence-electron chi connectivity index (χ1n) is 9.22. The molecule has 0 fully saturated rings. The lowest BCUT2D eigenvalue weighted by Gasteiger charge is -2.34. The molecule has 0 spiro atoms. The Hall–Kier alpha value is -3.76. The van der Waals surface area contributed by atoms with E-state index in [2.05, 4.69) is 16.0 Å². The molecule has 0 bridgehead atoms. The molecule has 3 N–H and O–H groups in total. The summed E-state index contributed by atoms with van der Waals surface area (Å²) < 4.78 is 45.5. The summed E-state index contributed by atoms with van der Waals surface area (Å²) in [6, 6.07) is 8.41. The van der Waals surface area contributed by atoms with E-state index in [1.54, 1.807) is 29.2 Å². The second kappa shape index (κ2) is 9.37. The van der Waals surface area contributed by atoms with Crippen molar-refractivity contribution >= 4 is 29.1 Å². The van der Waals surface area contributed by atoms with Gasteiger partial charge in [0.15, 0.2) is 23.6 Å². The Bertz CT molecular complexity index is 1020. The van der Waals surface area contributed by atoms with Crippen LogP contribution in [0.2, 0.25) is 0 Å². The van der Waals surface area contributed by atoms with Crippen LogP contribution in [-0.4, -0.2) is 50.5 Å². The number of amides is 3. The topological polar surface area (TPSA) is 99.8 Å². The number of halogens is 3. The van der Waals surface area contributed by atoms with Crippen LogP contribution in [0.4, 0.5) is 24.5 Å². The Balaban J connectivity index is 1.59. The molecular formula is C20H19F3N4O4. The minimum Gasteiger partial charge on any atom is -0.477 e. The molecule has 8 nitrogen and oxygen atoms in total. The quantitative estimate of drug-likeness (QED) is 0.591. The molecule has 1 atom stereocenters. The van der Waals surface area contributed by atoms with Gasteiger partial charge in [-0.2, -0.15) is 0 Å². The molecule has 1 aliphatic rings. The molecular weight excluding hydrogens is 417 g/mol. The number of carbonyl (C=O) groups excluding carboxylic acids is 3. The first-order valence-corrected chi connectivity index (χ1v) is 9.22. The van der Waals surface area contributed by atoms with E-state index in [0.29, 0.717) is 17.5 Å². The van der Waals surface area contributed by atoms with Crippen molar-refractivity contribution in [3.8, 4) is 5.75 Å². The molecule has 3 rings (SSSR count). The van der Waals surface area contributed by atoms with Crippen LogP contribution < -0.4 is 25.6 Å². The number of para-hydroxylation sites is 2. The van der Waals surface area contributed by atoms with Crippen LogP contribution in [0, 0.1) is 17.5 Å². The van der Waals surface area contributed by atoms with E-state index in [1.165, 1.54) is 7.05 Å². The fourth-order valence-electron chi connectivity index (χ4n) is 2.98. The number of anilines is 2. The van der Waals surface area contributed by atoms with Crippen molar-refractivity contribution in [2.24, 2.45) is 0 Å². The monoisotopic (exact) mass is 436 g/mol. The van der Waals surface area contributed by atoms with Crippen molar-refractivity contribution < 1.29 is 32.3 Å². The lowest BCUT2D eigenvalue weighted by atomic mass is 10.1. The molecule has 1 aliphatic heterocycles. The molecule has 3 amide bonds. The fraction of sp³-hybridized carbons (Fsp3) is 0.250. The normalized spacial score (nSPS) is 14.8. The highest BCUT2D eigenvalue weighted by Gasteiger charge is 2.31. The van der Waals surface area contributed by atoms with Gasteiger partial charge in [-0.3, -0.25) is 14.4 Å². The average Bonchev–Trinajstić information content (AvgIpc) is 2.77. The summed E-state index contributed by atoms with van der Waals surface area (Å²) in [5.41, 5.74) is 0.0554. The number of hydrogen-bond donors (Lipinski definition) is 3. The lowest BCUT2D eigenvalue weighted by Crippen LogP contribution is -2.51. The number of carbonyl (C=O) groups is 3. The highest BCUT2D eigenvalue weighted by Crippen LogP contribution is 2.32. The maximum atomic E-state index is 13.6. The number of ether oxygens (including phenoxy) is 1. The van der Waals surface area contributed by atoms with Gasteiger partial charge in [0.25, 0.3) is 5.91 Å². The van der Waals surface area contributed by atoms with E-state index >= 15 is 0 Å². The van der Waals surface area contributed by atoms with Crippen molar-refractivity contribution in [3.63, 3.8) is 0 Å². The second-order valence-electron chi connectivity index (χ2n) is 6.62. The summed E-state index contributed by atoms with van der Waals surface area (Å²) in [7, 11) is 1.47. The molecule has 164 valence electrons. The molecule has 0 aliphatic carbocycles. The molecule has 1 heterocycles. The molecule has 2 aromatic carbocycles. The van der Waals surface area contributed by atoms with E-state index in [1.807, 2.05) is 0 Å². The van der Waals surface area contributed by atoms with Crippen molar-refractivity contribution in [2.75, 3.05) is 36.9 Å². The van der Waals surface area contributed by atoms with Gasteiger partial charge >= 0.3 is 0 Å². The van der Waals surface area contributed by atoms with Crippen LogP contribution in [0.5, 0.6) is 5.75 Å². The molecule has 0 radical (unpaired) electrons. The van der Waals surface area contributed by atoms with Gasteiger partial charge in [0.2, 0.25) is 11.8 Å². The summed E-state index contributed by atoms with van der Waals surface area (Å²) >= 11 is 0. The van der Waals surface area contributed by atoms with Gasteiger partial charge in [-0.15, -0.1) is 0 Å². The van der Waals surface area contributed by atoms with E-state index in [9.17, 15) is 27.6 Å². The Morgan fingerprint density at radius 2 is 1.81 bits per heavy atom. The number of nitrogens with one attached hydrogen (secondary N) is 3. The van der Waals surface area contributed by atoms with Crippen LogP contribution in [0.3, 0.4) is 0 Å². The van der Waals surface area contributed by atoms with Gasteiger partial charge in [-0.25, -0.2) is 13.2 Å². The Labute approximate surface area is 175 Å². The van der Waals surface area contributed by atoms with Crippen LogP contribution in [0.15, 0.2) is 36.4 Å². The highest BCUT2D eigenvalue weighted by molar-refractivity contribution is 5.95. The number of benzene rings is 2. The predicted octanol–water partition coefficient (Wildman–Crippen LogP) is 1.17. The molecule has 11 heteroatoms. The zero-order chi connectivity index (χ0) is 22.5. The molecule has 0 saturated carbocycles. The van der Waals surface area contributed by atoms with Gasteiger partial charge in [0, 0.05) is 7.05 Å². The first kappa shape index (κ1) is 21.9. The summed E-state index contributed by atoms with van der Waals surface area (Å²) in [6.07, 6.45) is -0.827. The summed E-state index contributed by atoms with van der Waals surface area (Å²) in [6.45, 7) is -0.598. The Morgan fingerprint density at radius 1 is 1.06 bits per heavy atom. The largest absolute Gasteiger partial charge is 0.477 e. The average molecular weight is 436 g/mol. The molecule has 31 heavy (non-hydrogen) atoms. The van der Waals surface area contributed by atoms with Gasteiger partial charge < -0.3 is 25.6 Å². The standard InChI is InChI=1S/C20H19F3N4O4/c1-24-20(30)15-9-27(13-4-2-3-5-14(13)31-15)10-17(29)25-8-16(28)26-12-7-6-11(21)18(22)19(12)23/h2-7,15H,8-10H2,1H3,(H,24,30)(H,25,29)(H,26,28)/t15-/m1/s1. The minimum atomic E-state index is -1.71. The van der Waals surface area contributed by atoms with Crippen molar-refractivity contribution in [1.82, 2.24) is 10.6 Å². The first-order chi connectivity index (χ1) is 14.8. The van der Waals surface area contributed by atoms with Crippen molar-refractivity contribution in [1.29, 1.82) is 0 Å². The zero-order valence-electron chi connectivity index (χ0n) is 16.4. The second-order valence-corrected chi connectivity index (χ2v) is 6.62. The summed E-state index contributed by atoms with van der Waals surface area (Å²) in [4.78, 5) is 37.9. The Morgan fingerprint density at radius 3 is 2.55 bits per heavy atom. The fourth-order valence-corrected chi connectivity index (χ4v) is 2.98. The summed E-state index contributed by atoms with van der Waals surface area (Å²) in [5, 5.41) is 6.91. The van der Waals surface area contributed by atoms with Crippen LogP contribution >= 0.6 is 0 Å². The van der Waals surface area contributed by atoms with E-state index in [-0.39, 0.29) is 19.0 Å². The van der Waals surface area contributed by atoms with Crippen molar-refractivity contribution in [3.05, 3.63) is 53.8 Å². The van der Waals surface area contributed by atoms with Gasteiger partial charge in [-0.05, 0) is 24.3 Å². The number of nitrogens with zero attached hydrogens (tertiary/aromatic N) is 1.